The number of aromatic nitrogens is 2. The molecule has 32 heavy (non-hydrogen) atoms. The maximum Gasteiger partial charge on any atom is 0.322 e. The number of benzene rings is 3. The molecule has 0 aliphatic rings. The Morgan fingerprint density at radius 3 is 2.28 bits per heavy atom. The van der Waals surface area contributed by atoms with Crippen molar-refractivity contribution in [1.82, 2.24) is 10.2 Å². The summed E-state index contributed by atoms with van der Waals surface area (Å²) in [5.41, 5.74) is 3.11. The summed E-state index contributed by atoms with van der Waals surface area (Å²) in [5.74, 6) is 0.267. The molecule has 0 bridgehead atoms. The lowest BCUT2D eigenvalue weighted by Gasteiger charge is -2.07. The summed E-state index contributed by atoms with van der Waals surface area (Å²) in [6.45, 7) is 1.95. The first-order valence-corrected chi connectivity index (χ1v) is 9.79. The van der Waals surface area contributed by atoms with Crippen LogP contribution in [0, 0.1) is 6.92 Å². The van der Waals surface area contributed by atoms with Crippen molar-refractivity contribution >= 4 is 23.5 Å². The summed E-state index contributed by atoms with van der Waals surface area (Å²) in [4.78, 5) is 25.0. The number of hydrogen-bond donors (Lipinski definition) is 2. The minimum Gasteiger partial charge on any atom is -0.497 e. The van der Waals surface area contributed by atoms with Crippen LogP contribution in [0.5, 0.6) is 5.75 Å². The van der Waals surface area contributed by atoms with Crippen LogP contribution in [0.15, 0.2) is 77.2 Å². The van der Waals surface area contributed by atoms with Crippen LogP contribution in [0.2, 0.25) is 0 Å². The van der Waals surface area contributed by atoms with Crippen molar-refractivity contribution in [3.8, 4) is 17.2 Å². The molecular weight excluding hydrogens is 408 g/mol. The molecule has 2 amide bonds. The minimum absolute atomic E-state index is 0.0325. The highest BCUT2D eigenvalue weighted by Crippen LogP contribution is 2.23. The number of carbonyl (C=O) groups is 2. The molecule has 0 unspecified atom stereocenters. The van der Waals surface area contributed by atoms with Crippen LogP contribution in [0.4, 0.5) is 11.7 Å². The number of hydrogen-bond acceptors (Lipinski definition) is 6. The van der Waals surface area contributed by atoms with Gasteiger partial charge in [-0.15, -0.1) is 5.10 Å². The zero-order valence-electron chi connectivity index (χ0n) is 17.5. The van der Waals surface area contributed by atoms with Gasteiger partial charge in [0.1, 0.15) is 5.75 Å². The van der Waals surface area contributed by atoms with E-state index >= 15 is 0 Å². The molecule has 3 aromatic carbocycles. The number of rotatable bonds is 6. The van der Waals surface area contributed by atoms with Crippen molar-refractivity contribution < 1.29 is 18.7 Å². The van der Waals surface area contributed by atoms with Crippen LogP contribution in [-0.2, 0) is 0 Å². The number of nitrogens with zero attached hydrogens (tertiary/aromatic N) is 2. The zero-order valence-corrected chi connectivity index (χ0v) is 17.5. The van der Waals surface area contributed by atoms with E-state index in [0.717, 1.165) is 5.56 Å². The molecular formula is C24H20N4O4. The lowest BCUT2D eigenvalue weighted by Crippen LogP contribution is -2.14. The fourth-order valence-electron chi connectivity index (χ4n) is 2.94. The van der Waals surface area contributed by atoms with Gasteiger partial charge in [-0.05, 0) is 61.5 Å². The molecule has 8 nitrogen and oxygen atoms in total. The second-order valence-corrected chi connectivity index (χ2v) is 7.00. The summed E-state index contributed by atoms with van der Waals surface area (Å²) in [5, 5.41) is 13.2. The van der Waals surface area contributed by atoms with E-state index in [-0.39, 0.29) is 17.8 Å². The van der Waals surface area contributed by atoms with E-state index < -0.39 is 5.91 Å². The van der Waals surface area contributed by atoms with Gasteiger partial charge in [0.2, 0.25) is 5.89 Å². The van der Waals surface area contributed by atoms with Crippen LogP contribution >= 0.6 is 0 Å². The Labute approximate surface area is 184 Å². The number of carbonyl (C=O) groups excluding carboxylic acids is 2. The molecule has 0 saturated heterocycles. The summed E-state index contributed by atoms with van der Waals surface area (Å²) < 4.78 is 10.7. The average Bonchev–Trinajstić information content (AvgIpc) is 3.28. The van der Waals surface area contributed by atoms with Gasteiger partial charge in [0.05, 0.1) is 7.11 Å². The molecule has 4 rings (SSSR count). The molecule has 8 heteroatoms. The zero-order chi connectivity index (χ0) is 22.5. The van der Waals surface area contributed by atoms with Gasteiger partial charge in [0.15, 0.2) is 0 Å². The normalized spacial score (nSPS) is 10.4. The van der Waals surface area contributed by atoms with E-state index in [4.69, 9.17) is 9.15 Å². The molecule has 4 aromatic rings. The number of methoxy groups -OCH3 is 1. The highest BCUT2D eigenvalue weighted by molar-refractivity contribution is 6.06. The lowest BCUT2D eigenvalue weighted by atomic mass is 10.1. The Morgan fingerprint density at radius 2 is 1.56 bits per heavy atom. The van der Waals surface area contributed by atoms with Gasteiger partial charge in [-0.1, -0.05) is 28.9 Å². The first-order valence-electron chi connectivity index (χ1n) is 9.79. The number of aryl methyl sites for hydroxylation is 1. The molecule has 2 N–H and O–H groups in total. The van der Waals surface area contributed by atoms with E-state index in [1.807, 2.05) is 19.1 Å². The van der Waals surface area contributed by atoms with E-state index in [1.165, 1.54) is 0 Å². The molecule has 0 spiro atoms. The Hall–Kier alpha value is -4.46. The van der Waals surface area contributed by atoms with Gasteiger partial charge in [0.25, 0.3) is 11.8 Å². The third kappa shape index (κ3) is 4.81. The molecule has 0 aliphatic carbocycles. The SMILES string of the molecule is COc1ccc(-c2nnc(NC(=O)c3cccc(NC(=O)c4ccc(C)cc4)c3)o2)cc1. The van der Waals surface area contributed by atoms with Crippen molar-refractivity contribution in [2.24, 2.45) is 0 Å². The maximum absolute atomic E-state index is 12.6. The van der Waals surface area contributed by atoms with Crippen molar-refractivity contribution in [2.45, 2.75) is 6.92 Å². The first kappa shape index (κ1) is 20.8. The van der Waals surface area contributed by atoms with Crippen molar-refractivity contribution in [3.63, 3.8) is 0 Å². The third-order valence-electron chi connectivity index (χ3n) is 4.68. The first-order chi connectivity index (χ1) is 15.5. The van der Waals surface area contributed by atoms with Crippen LogP contribution in [0.3, 0.4) is 0 Å². The maximum atomic E-state index is 12.6. The second kappa shape index (κ2) is 9.13. The van der Waals surface area contributed by atoms with Crippen LogP contribution < -0.4 is 15.4 Å². The van der Waals surface area contributed by atoms with Gasteiger partial charge >= 0.3 is 6.01 Å². The molecule has 0 atom stereocenters. The number of amides is 2. The number of ether oxygens (including phenoxy) is 1. The Morgan fingerprint density at radius 1 is 0.844 bits per heavy atom. The quantitative estimate of drug-likeness (QED) is 0.466. The lowest BCUT2D eigenvalue weighted by molar-refractivity contribution is 0.101. The van der Waals surface area contributed by atoms with E-state index in [1.54, 1.807) is 67.8 Å². The molecule has 0 fully saturated rings. The molecule has 1 aromatic heterocycles. The van der Waals surface area contributed by atoms with Gasteiger partial charge in [-0.3, -0.25) is 14.9 Å². The fraction of sp³-hybridized carbons (Fsp3) is 0.0833. The summed E-state index contributed by atoms with van der Waals surface area (Å²) in [6, 6.07) is 20.9. The minimum atomic E-state index is -0.443. The average molecular weight is 428 g/mol. The monoisotopic (exact) mass is 428 g/mol. The number of nitrogens with one attached hydrogen (secondary N) is 2. The van der Waals surface area contributed by atoms with Gasteiger partial charge < -0.3 is 14.5 Å². The third-order valence-corrected chi connectivity index (χ3v) is 4.68. The molecule has 0 saturated carbocycles. The highest BCUT2D eigenvalue weighted by atomic mass is 16.5. The second-order valence-electron chi connectivity index (χ2n) is 7.00. The Balaban J connectivity index is 1.43. The van der Waals surface area contributed by atoms with Crippen molar-refractivity contribution in [3.05, 3.63) is 89.5 Å². The number of anilines is 2. The predicted octanol–water partition coefficient (Wildman–Crippen LogP) is 4.56. The van der Waals surface area contributed by atoms with Crippen LogP contribution in [-0.4, -0.2) is 29.1 Å². The summed E-state index contributed by atoms with van der Waals surface area (Å²) >= 11 is 0. The highest BCUT2D eigenvalue weighted by Gasteiger charge is 2.14. The molecule has 0 radical (unpaired) electrons. The topological polar surface area (TPSA) is 106 Å². The van der Waals surface area contributed by atoms with E-state index in [0.29, 0.717) is 28.1 Å². The largest absolute Gasteiger partial charge is 0.497 e. The van der Waals surface area contributed by atoms with Crippen molar-refractivity contribution in [2.75, 3.05) is 17.7 Å². The molecule has 1 heterocycles. The smallest absolute Gasteiger partial charge is 0.322 e. The Kier molecular flexibility index (Phi) is 5.94. The summed E-state index contributed by atoms with van der Waals surface area (Å²) in [7, 11) is 1.58. The summed E-state index contributed by atoms with van der Waals surface area (Å²) in [6.07, 6.45) is 0. The predicted molar refractivity (Wildman–Crippen MR) is 120 cm³/mol. The van der Waals surface area contributed by atoms with Gasteiger partial charge in [-0.2, -0.15) is 0 Å². The Bertz CT molecular complexity index is 1250. The van der Waals surface area contributed by atoms with Gasteiger partial charge in [0, 0.05) is 22.4 Å². The van der Waals surface area contributed by atoms with E-state index in [2.05, 4.69) is 20.8 Å². The molecule has 0 aliphatic heterocycles. The standard InChI is InChI=1S/C24H20N4O4/c1-15-6-8-16(9-7-15)21(29)25-19-5-3-4-18(14-19)22(30)26-24-28-27-23(32-24)17-10-12-20(31-2)13-11-17/h3-14H,1-2H3,(H,25,29)(H,26,28,30). The van der Waals surface area contributed by atoms with E-state index in [9.17, 15) is 9.59 Å². The van der Waals surface area contributed by atoms with Crippen LogP contribution in [0.25, 0.3) is 11.5 Å². The van der Waals surface area contributed by atoms with Crippen LogP contribution in [0.1, 0.15) is 26.3 Å². The molecule has 160 valence electrons. The van der Waals surface area contributed by atoms with Crippen molar-refractivity contribution in [1.29, 1.82) is 0 Å². The fourth-order valence-corrected chi connectivity index (χ4v) is 2.94. The van der Waals surface area contributed by atoms with Gasteiger partial charge in [-0.25, -0.2) is 0 Å².